The van der Waals surface area contributed by atoms with Gasteiger partial charge in [-0.15, -0.1) is 0 Å². The van der Waals surface area contributed by atoms with Crippen molar-refractivity contribution in [1.29, 1.82) is 0 Å². The number of carbonyl (C=O) groups excluding carboxylic acids is 2. The quantitative estimate of drug-likeness (QED) is 0.375. The molecule has 214 valence electrons. The van der Waals surface area contributed by atoms with E-state index < -0.39 is 36.2 Å². The number of alkyl carbamates (subject to hydrolysis) is 1. The zero-order chi connectivity index (χ0) is 28.9. The summed E-state index contributed by atoms with van der Waals surface area (Å²) in [6.45, 7) is 4.17. The van der Waals surface area contributed by atoms with E-state index in [9.17, 15) is 19.5 Å². The fourth-order valence-corrected chi connectivity index (χ4v) is 6.04. The molecule has 0 bridgehead atoms. The van der Waals surface area contributed by atoms with Gasteiger partial charge < -0.3 is 24.8 Å². The zero-order valence-electron chi connectivity index (χ0n) is 23.4. The van der Waals surface area contributed by atoms with Crippen LogP contribution in [0.4, 0.5) is 4.79 Å². The van der Waals surface area contributed by atoms with E-state index in [0.717, 1.165) is 27.8 Å². The first kappa shape index (κ1) is 28.4. The fourth-order valence-electron chi connectivity index (χ4n) is 6.04. The van der Waals surface area contributed by atoms with Crippen molar-refractivity contribution in [1.82, 2.24) is 10.2 Å². The van der Waals surface area contributed by atoms with Crippen molar-refractivity contribution in [3.05, 3.63) is 95.6 Å². The van der Waals surface area contributed by atoms with Crippen LogP contribution in [0.1, 0.15) is 49.3 Å². The summed E-state index contributed by atoms with van der Waals surface area (Å²) in [5, 5.41) is 12.6. The third kappa shape index (κ3) is 6.12. The second-order valence-electron chi connectivity index (χ2n) is 10.9. The minimum absolute atomic E-state index is 0.0958. The summed E-state index contributed by atoms with van der Waals surface area (Å²) < 4.78 is 11.8. The summed E-state index contributed by atoms with van der Waals surface area (Å²) in [5.74, 6) is -1.88. The average Bonchev–Trinajstić information content (AvgIpc) is 3.31. The second-order valence-corrected chi connectivity index (χ2v) is 10.9. The van der Waals surface area contributed by atoms with Crippen molar-refractivity contribution >= 4 is 18.0 Å². The summed E-state index contributed by atoms with van der Waals surface area (Å²) in [5.41, 5.74) is 5.32. The maximum atomic E-state index is 13.8. The number of carboxylic acid groups (broad SMARTS) is 1. The standard InChI is InChI=1S/C33H36N2O6/c1-21-11-10-18-35(30(21)32(37)38)31(36)29(22(2)40-19-23-12-4-3-5-13-23)34-33(39)41-20-28-26-16-8-6-14-24(26)25-15-7-9-17-27(25)28/h3-9,12-17,21-22,28-30H,10-11,18-20H2,1-2H3,(H,34,39)(H,37,38)/t21?,22-,29+,30?/m0/s1. The molecule has 0 aromatic heterocycles. The molecular formula is C33H36N2O6. The largest absolute Gasteiger partial charge is 0.480 e. The number of fused-ring (bicyclic) bond motifs is 3. The summed E-state index contributed by atoms with van der Waals surface area (Å²) in [7, 11) is 0. The number of nitrogens with zero attached hydrogens (tertiary/aromatic N) is 1. The van der Waals surface area contributed by atoms with Gasteiger partial charge in [0, 0.05) is 12.5 Å². The number of ether oxygens (including phenoxy) is 2. The maximum Gasteiger partial charge on any atom is 0.407 e. The van der Waals surface area contributed by atoms with Crippen LogP contribution < -0.4 is 5.32 Å². The van der Waals surface area contributed by atoms with E-state index in [1.165, 1.54) is 4.90 Å². The van der Waals surface area contributed by atoms with Gasteiger partial charge in [-0.1, -0.05) is 85.8 Å². The number of benzene rings is 3. The minimum Gasteiger partial charge on any atom is -0.480 e. The van der Waals surface area contributed by atoms with E-state index >= 15 is 0 Å². The normalized spacial score (nSPS) is 19.5. The highest BCUT2D eigenvalue weighted by atomic mass is 16.5. The summed E-state index contributed by atoms with van der Waals surface area (Å²) in [4.78, 5) is 40.5. The number of aliphatic carboxylic acids is 1. The van der Waals surface area contributed by atoms with Gasteiger partial charge in [0.25, 0.3) is 0 Å². The van der Waals surface area contributed by atoms with Crippen LogP contribution in [0.2, 0.25) is 0 Å². The lowest BCUT2D eigenvalue weighted by atomic mass is 9.90. The van der Waals surface area contributed by atoms with Crippen LogP contribution in [-0.4, -0.2) is 59.3 Å². The smallest absolute Gasteiger partial charge is 0.407 e. The Morgan fingerprint density at radius 1 is 0.951 bits per heavy atom. The molecule has 2 unspecified atom stereocenters. The summed E-state index contributed by atoms with van der Waals surface area (Å²) >= 11 is 0. The van der Waals surface area contributed by atoms with Crippen LogP contribution in [0.5, 0.6) is 0 Å². The number of nitrogens with one attached hydrogen (secondary N) is 1. The Balaban J connectivity index is 1.32. The monoisotopic (exact) mass is 556 g/mol. The molecule has 0 saturated carbocycles. The SMILES string of the molecule is CC1CCCN(C(=O)[C@H](NC(=O)OCC2c3ccccc3-c3ccccc32)[C@H](C)OCc2ccccc2)C1C(=O)O. The molecule has 3 aromatic rings. The molecular weight excluding hydrogens is 520 g/mol. The van der Waals surface area contributed by atoms with Crippen molar-refractivity contribution in [2.24, 2.45) is 5.92 Å². The predicted molar refractivity (Wildman–Crippen MR) is 154 cm³/mol. The van der Waals surface area contributed by atoms with E-state index in [2.05, 4.69) is 17.4 Å². The number of rotatable bonds is 9. The number of carbonyl (C=O) groups is 3. The van der Waals surface area contributed by atoms with Crippen LogP contribution >= 0.6 is 0 Å². The first-order valence-corrected chi connectivity index (χ1v) is 14.2. The Labute approximate surface area is 240 Å². The Hall–Kier alpha value is -4.17. The molecule has 2 aliphatic rings. The lowest BCUT2D eigenvalue weighted by molar-refractivity contribution is -0.157. The van der Waals surface area contributed by atoms with Gasteiger partial charge in [-0.25, -0.2) is 9.59 Å². The van der Waals surface area contributed by atoms with Crippen LogP contribution in [0.15, 0.2) is 78.9 Å². The van der Waals surface area contributed by atoms with Crippen LogP contribution in [0, 0.1) is 5.92 Å². The summed E-state index contributed by atoms with van der Waals surface area (Å²) in [6.07, 6.45) is -0.0917. The predicted octanol–water partition coefficient (Wildman–Crippen LogP) is 5.21. The van der Waals surface area contributed by atoms with Gasteiger partial charge in [0.1, 0.15) is 18.7 Å². The Bertz CT molecular complexity index is 1350. The second kappa shape index (κ2) is 12.6. The van der Waals surface area contributed by atoms with E-state index in [1.54, 1.807) is 6.92 Å². The van der Waals surface area contributed by atoms with Gasteiger partial charge in [-0.2, -0.15) is 0 Å². The molecule has 1 heterocycles. The highest BCUT2D eigenvalue weighted by Crippen LogP contribution is 2.44. The van der Waals surface area contributed by atoms with Gasteiger partial charge in [0.15, 0.2) is 0 Å². The molecule has 5 rings (SSSR count). The molecule has 3 aromatic carbocycles. The van der Waals surface area contributed by atoms with Gasteiger partial charge in [0.2, 0.25) is 5.91 Å². The third-order valence-corrected chi connectivity index (χ3v) is 8.18. The van der Waals surface area contributed by atoms with E-state index in [4.69, 9.17) is 9.47 Å². The molecule has 4 atom stereocenters. The molecule has 0 spiro atoms. The molecule has 0 radical (unpaired) electrons. The van der Waals surface area contributed by atoms with Crippen molar-refractivity contribution in [3.8, 4) is 11.1 Å². The van der Waals surface area contributed by atoms with Crippen molar-refractivity contribution in [2.45, 2.75) is 57.4 Å². The van der Waals surface area contributed by atoms with Crippen LogP contribution in [-0.2, 0) is 25.7 Å². The Morgan fingerprint density at radius 2 is 1.56 bits per heavy atom. The molecule has 2 amide bonds. The lowest BCUT2D eigenvalue weighted by Gasteiger charge is -2.40. The fraction of sp³-hybridized carbons (Fsp3) is 0.364. The van der Waals surface area contributed by atoms with Crippen molar-refractivity contribution in [2.75, 3.05) is 13.2 Å². The highest BCUT2D eigenvalue weighted by Gasteiger charge is 2.42. The maximum absolute atomic E-state index is 13.8. The molecule has 1 aliphatic heterocycles. The molecule has 41 heavy (non-hydrogen) atoms. The number of carboxylic acids is 1. The minimum atomic E-state index is -1.12. The summed E-state index contributed by atoms with van der Waals surface area (Å²) in [6, 6.07) is 23.6. The third-order valence-electron chi connectivity index (χ3n) is 8.18. The topological polar surface area (TPSA) is 105 Å². The van der Waals surface area contributed by atoms with Crippen molar-refractivity contribution in [3.63, 3.8) is 0 Å². The molecule has 2 N–H and O–H groups in total. The van der Waals surface area contributed by atoms with Gasteiger partial charge >= 0.3 is 12.1 Å². The molecule has 8 nitrogen and oxygen atoms in total. The van der Waals surface area contributed by atoms with Crippen LogP contribution in [0.3, 0.4) is 0 Å². The molecule has 8 heteroatoms. The van der Waals surface area contributed by atoms with Crippen LogP contribution in [0.25, 0.3) is 11.1 Å². The number of amides is 2. The van der Waals surface area contributed by atoms with Crippen molar-refractivity contribution < 1.29 is 29.0 Å². The number of hydrogen-bond acceptors (Lipinski definition) is 5. The Kier molecular flexibility index (Phi) is 8.69. The first-order chi connectivity index (χ1) is 19.8. The van der Waals surface area contributed by atoms with E-state index in [0.29, 0.717) is 19.4 Å². The first-order valence-electron chi connectivity index (χ1n) is 14.2. The van der Waals surface area contributed by atoms with E-state index in [1.807, 2.05) is 73.7 Å². The molecule has 1 saturated heterocycles. The zero-order valence-corrected chi connectivity index (χ0v) is 23.4. The number of hydrogen-bond donors (Lipinski definition) is 2. The highest BCUT2D eigenvalue weighted by molar-refractivity contribution is 5.90. The average molecular weight is 557 g/mol. The van der Waals surface area contributed by atoms with Gasteiger partial charge in [-0.05, 0) is 53.5 Å². The van der Waals surface area contributed by atoms with E-state index in [-0.39, 0.29) is 25.0 Å². The van der Waals surface area contributed by atoms with Gasteiger partial charge in [0.05, 0.1) is 12.7 Å². The molecule has 1 aliphatic carbocycles. The lowest BCUT2D eigenvalue weighted by Crippen LogP contribution is -2.60. The van der Waals surface area contributed by atoms with Gasteiger partial charge in [-0.3, -0.25) is 4.79 Å². The Morgan fingerprint density at radius 3 is 2.20 bits per heavy atom. The molecule has 1 fully saturated rings. The number of piperidine rings is 1. The number of likely N-dealkylation sites (tertiary alicyclic amines) is 1.